The molecule has 0 fully saturated rings. The smallest absolute Gasteiger partial charge is 0.0378 e. The van der Waals surface area contributed by atoms with Crippen LogP contribution in [-0.2, 0) is 5.54 Å². The van der Waals surface area contributed by atoms with Gasteiger partial charge in [-0.15, -0.1) is 0 Å². The lowest BCUT2D eigenvalue weighted by Crippen LogP contribution is -2.31. The molecule has 3 aromatic rings. The van der Waals surface area contributed by atoms with E-state index in [2.05, 4.69) is 74.5 Å². The van der Waals surface area contributed by atoms with E-state index in [9.17, 15) is 0 Å². The van der Waals surface area contributed by atoms with Crippen molar-refractivity contribution in [1.82, 2.24) is 0 Å². The monoisotopic (exact) mass is 342 g/mol. The summed E-state index contributed by atoms with van der Waals surface area (Å²) in [6, 6.07) is 25.0. The highest BCUT2D eigenvalue weighted by atomic mass is 14.7. The Hall–Kier alpha value is -2.84. The molecule has 4 N–H and O–H groups in total. The molecule has 26 heavy (non-hydrogen) atoms. The van der Waals surface area contributed by atoms with E-state index in [1.807, 2.05) is 24.3 Å². The van der Waals surface area contributed by atoms with Gasteiger partial charge < -0.3 is 11.5 Å². The molecule has 2 nitrogen and oxygen atoms in total. The highest BCUT2D eigenvalue weighted by Gasteiger charge is 2.17. The number of nitrogens with two attached hydrogens (primary N) is 2. The third-order valence-electron chi connectivity index (χ3n) is 4.93. The Morgan fingerprint density at radius 1 is 0.731 bits per heavy atom. The largest absolute Gasteiger partial charge is 0.399 e. The van der Waals surface area contributed by atoms with Crippen molar-refractivity contribution in [3.8, 4) is 11.1 Å². The Labute approximate surface area is 156 Å². The van der Waals surface area contributed by atoms with Crippen molar-refractivity contribution in [1.29, 1.82) is 0 Å². The fraction of sp³-hybridized carbons (Fsp3) is 0.167. The molecule has 3 aromatic carbocycles. The fourth-order valence-electron chi connectivity index (χ4n) is 2.83. The number of nitrogen functional groups attached to an aromatic ring is 1. The summed E-state index contributed by atoms with van der Waals surface area (Å²) < 4.78 is 0. The summed E-state index contributed by atoms with van der Waals surface area (Å²) in [5.74, 6) is 0. The Morgan fingerprint density at radius 2 is 1.15 bits per heavy atom. The van der Waals surface area contributed by atoms with Gasteiger partial charge in [0.25, 0.3) is 0 Å². The van der Waals surface area contributed by atoms with Gasteiger partial charge in [-0.3, -0.25) is 0 Å². The van der Waals surface area contributed by atoms with Crippen molar-refractivity contribution >= 4 is 17.8 Å². The Morgan fingerprint density at radius 3 is 1.62 bits per heavy atom. The second-order valence-electron chi connectivity index (χ2n) is 6.97. The van der Waals surface area contributed by atoms with E-state index in [-0.39, 0.29) is 5.54 Å². The van der Waals surface area contributed by atoms with Crippen LogP contribution in [0.3, 0.4) is 0 Å². The number of benzene rings is 3. The zero-order valence-electron chi connectivity index (χ0n) is 15.4. The molecule has 2 heteroatoms. The van der Waals surface area contributed by atoms with Gasteiger partial charge in [0.15, 0.2) is 0 Å². The number of hydrogen-bond donors (Lipinski definition) is 2. The number of anilines is 1. The van der Waals surface area contributed by atoms with Gasteiger partial charge in [-0.05, 0) is 53.3 Å². The fourth-order valence-corrected chi connectivity index (χ4v) is 2.83. The maximum Gasteiger partial charge on any atom is 0.0378 e. The highest BCUT2D eigenvalue weighted by molar-refractivity contribution is 5.72. The van der Waals surface area contributed by atoms with Crippen LogP contribution in [0.15, 0.2) is 72.8 Å². The van der Waals surface area contributed by atoms with Crippen molar-refractivity contribution in [3.63, 3.8) is 0 Å². The first kappa shape index (κ1) is 18.0. The normalized spacial score (nSPS) is 13.7. The molecule has 0 saturated heterocycles. The second kappa shape index (κ2) is 7.59. The average molecular weight is 342 g/mol. The van der Waals surface area contributed by atoms with Crippen LogP contribution in [0.4, 0.5) is 5.69 Å². The van der Waals surface area contributed by atoms with Crippen molar-refractivity contribution < 1.29 is 0 Å². The molecule has 0 aliphatic carbocycles. The quantitative estimate of drug-likeness (QED) is 0.462. The minimum absolute atomic E-state index is 0.264. The SMILES string of the molecule is CCC(C)(N)c1ccc(/C=C/c2ccc(-c3ccc(N)cc3)cc2)cc1. The van der Waals surface area contributed by atoms with Crippen molar-refractivity contribution in [3.05, 3.63) is 89.5 Å². The van der Waals surface area contributed by atoms with E-state index >= 15 is 0 Å². The summed E-state index contributed by atoms with van der Waals surface area (Å²) in [7, 11) is 0. The van der Waals surface area contributed by atoms with Crippen molar-refractivity contribution in [2.75, 3.05) is 5.73 Å². The third-order valence-corrected chi connectivity index (χ3v) is 4.93. The van der Waals surface area contributed by atoms with E-state index < -0.39 is 0 Å². The summed E-state index contributed by atoms with van der Waals surface area (Å²) >= 11 is 0. The van der Waals surface area contributed by atoms with E-state index in [1.54, 1.807) is 0 Å². The standard InChI is InChI=1S/C24H26N2/c1-3-24(2,26)22-14-8-19(9-15-22)5-4-18-6-10-20(11-7-18)21-12-16-23(25)17-13-21/h4-17H,3,25-26H2,1-2H3/b5-4+. The molecule has 132 valence electrons. The van der Waals surface area contributed by atoms with E-state index in [1.165, 1.54) is 27.8 Å². The lowest BCUT2D eigenvalue weighted by Gasteiger charge is -2.23. The summed E-state index contributed by atoms with van der Waals surface area (Å²) in [5, 5.41) is 0. The van der Waals surface area contributed by atoms with Gasteiger partial charge in [0.2, 0.25) is 0 Å². The molecule has 0 spiro atoms. The molecule has 1 unspecified atom stereocenters. The van der Waals surface area contributed by atoms with E-state index in [0.717, 1.165) is 12.1 Å². The lowest BCUT2D eigenvalue weighted by atomic mass is 9.90. The van der Waals surface area contributed by atoms with Crippen LogP contribution >= 0.6 is 0 Å². The maximum atomic E-state index is 6.30. The van der Waals surface area contributed by atoms with Gasteiger partial charge >= 0.3 is 0 Å². The predicted octanol–water partition coefficient (Wildman–Crippen LogP) is 5.69. The van der Waals surface area contributed by atoms with Gasteiger partial charge in [-0.2, -0.15) is 0 Å². The van der Waals surface area contributed by atoms with Crippen LogP contribution in [0.1, 0.15) is 37.0 Å². The minimum atomic E-state index is -0.264. The average Bonchev–Trinajstić information content (AvgIpc) is 2.68. The molecule has 1 atom stereocenters. The molecule has 3 rings (SSSR count). The van der Waals surface area contributed by atoms with Crippen LogP contribution in [0, 0.1) is 0 Å². The van der Waals surface area contributed by atoms with Crippen LogP contribution in [-0.4, -0.2) is 0 Å². The number of rotatable bonds is 5. The first-order valence-electron chi connectivity index (χ1n) is 9.01. The first-order chi connectivity index (χ1) is 12.5. The molecule has 0 saturated carbocycles. The van der Waals surface area contributed by atoms with Gasteiger partial charge in [0, 0.05) is 11.2 Å². The minimum Gasteiger partial charge on any atom is -0.399 e. The van der Waals surface area contributed by atoms with E-state index in [4.69, 9.17) is 11.5 Å². The molecule has 0 radical (unpaired) electrons. The molecule has 0 aliphatic rings. The summed E-state index contributed by atoms with van der Waals surface area (Å²) in [6.07, 6.45) is 5.17. The van der Waals surface area contributed by atoms with Gasteiger partial charge in [0.05, 0.1) is 0 Å². The van der Waals surface area contributed by atoms with Crippen molar-refractivity contribution in [2.24, 2.45) is 5.73 Å². The van der Waals surface area contributed by atoms with Gasteiger partial charge in [-0.1, -0.05) is 79.7 Å². The van der Waals surface area contributed by atoms with E-state index in [0.29, 0.717) is 0 Å². The summed E-state index contributed by atoms with van der Waals surface area (Å²) in [6.45, 7) is 4.18. The van der Waals surface area contributed by atoms with Gasteiger partial charge in [-0.25, -0.2) is 0 Å². The van der Waals surface area contributed by atoms with Crippen LogP contribution in [0.2, 0.25) is 0 Å². The zero-order chi connectivity index (χ0) is 18.6. The molecular weight excluding hydrogens is 316 g/mol. The summed E-state index contributed by atoms with van der Waals surface area (Å²) in [4.78, 5) is 0. The topological polar surface area (TPSA) is 52.0 Å². The molecular formula is C24H26N2. The molecule has 0 aliphatic heterocycles. The molecule has 0 bridgehead atoms. The van der Waals surface area contributed by atoms with Crippen LogP contribution in [0.5, 0.6) is 0 Å². The Balaban J connectivity index is 1.71. The predicted molar refractivity (Wildman–Crippen MR) is 113 cm³/mol. The van der Waals surface area contributed by atoms with Gasteiger partial charge in [0.1, 0.15) is 0 Å². The lowest BCUT2D eigenvalue weighted by molar-refractivity contribution is 0.476. The maximum absolute atomic E-state index is 6.30. The molecule has 0 amide bonds. The second-order valence-corrected chi connectivity index (χ2v) is 6.97. The first-order valence-corrected chi connectivity index (χ1v) is 9.01. The summed E-state index contributed by atoms with van der Waals surface area (Å²) in [5.41, 5.74) is 18.4. The Bertz CT molecular complexity index is 871. The molecule has 0 heterocycles. The zero-order valence-corrected chi connectivity index (χ0v) is 15.4. The Kier molecular flexibility index (Phi) is 5.24. The van der Waals surface area contributed by atoms with Crippen LogP contribution in [0.25, 0.3) is 23.3 Å². The number of hydrogen-bond acceptors (Lipinski definition) is 2. The highest BCUT2D eigenvalue weighted by Crippen LogP contribution is 2.23. The third kappa shape index (κ3) is 4.22. The van der Waals surface area contributed by atoms with Crippen molar-refractivity contribution in [2.45, 2.75) is 25.8 Å². The van der Waals surface area contributed by atoms with Crippen LogP contribution < -0.4 is 11.5 Å². The molecule has 0 aromatic heterocycles.